The molecule has 0 spiro atoms. The predicted octanol–water partition coefficient (Wildman–Crippen LogP) is 1.86. The van der Waals surface area contributed by atoms with Gasteiger partial charge in [0, 0.05) is 13.1 Å². The molecular formula is C14H25NO5S. The van der Waals surface area contributed by atoms with Gasteiger partial charge in [-0.1, -0.05) is 0 Å². The van der Waals surface area contributed by atoms with Crippen molar-refractivity contribution in [3.05, 3.63) is 0 Å². The van der Waals surface area contributed by atoms with Gasteiger partial charge in [-0.25, -0.2) is 4.79 Å². The Labute approximate surface area is 126 Å². The van der Waals surface area contributed by atoms with Gasteiger partial charge in [-0.05, 0) is 51.4 Å². The van der Waals surface area contributed by atoms with E-state index in [4.69, 9.17) is 8.92 Å². The molecule has 1 saturated heterocycles. The van der Waals surface area contributed by atoms with Crippen LogP contribution in [0.4, 0.5) is 4.79 Å². The number of rotatable bonds is 3. The number of hydrogen-bond donors (Lipinski definition) is 0. The number of hydrogen-bond acceptors (Lipinski definition) is 5. The Bertz CT molecular complexity index is 482. The number of ether oxygens (including phenoxy) is 1. The molecule has 0 bridgehead atoms. The molecule has 122 valence electrons. The third-order valence-corrected chi connectivity index (χ3v) is 4.58. The first-order valence-electron chi connectivity index (χ1n) is 7.36. The molecule has 1 heterocycles. The van der Waals surface area contributed by atoms with E-state index in [-0.39, 0.29) is 18.6 Å². The molecular weight excluding hydrogens is 294 g/mol. The predicted molar refractivity (Wildman–Crippen MR) is 78.3 cm³/mol. The third kappa shape index (κ3) is 4.85. The van der Waals surface area contributed by atoms with Gasteiger partial charge in [0.05, 0.1) is 12.9 Å². The van der Waals surface area contributed by atoms with Crippen LogP contribution in [0.25, 0.3) is 0 Å². The van der Waals surface area contributed by atoms with Crippen LogP contribution in [0.1, 0.15) is 33.6 Å². The Morgan fingerprint density at radius 3 is 2.14 bits per heavy atom. The number of carbonyl (C=O) groups excluding carboxylic acids is 1. The van der Waals surface area contributed by atoms with Crippen LogP contribution in [-0.2, 0) is 19.0 Å². The highest BCUT2D eigenvalue weighted by atomic mass is 32.2. The molecule has 0 aromatic rings. The van der Waals surface area contributed by atoms with E-state index in [1.165, 1.54) is 0 Å². The van der Waals surface area contributed by atoms with E-state index in [9.17, 15) is 13.2 Å². The van der Waals surface area contributed by atoms with Gasteiger partial charge >= 0.3 is 6.09 Å². The van der Waals surface area contributed by atoms with Gasteiger partial charge in [0.2, 0.25) is 0 Å². The number of likely N-dealkylation sites (tertiary alicyclic amines) is 1. The smallest absolute Gasteiger partial charge is 0.410 e. The zero-order valence-corrected chi connectivity index (χ0v) is 14.0. The molecule has 3 atom stereocenters. The van der Waals surface area contributed by atoms with Crippen LogP contribution in [0.3, 0.4) is 0 Å². The highest BCUT2D eigenvalue weighted by Crippen LogP contribution is 2.42. The van der Waals surface area contributed by atoms with Gasteiger partial charge in [-0.3, -0.25) is 4.18 Å². The molecule has 0 N–H and O–H groups in total. The third-order valence-electron chi connectivity index (χ3n) is 4.02. The fourth-order valence-electron chi connectivity index (χ4n) is 3.26. The molecule has 1 saturated carbocycles. The van der Waals surface area contributed by atoms with Crippen molar-refractivity contribution in [3.63, 3.8) is 0 Å². The number of amides is 1. The van der Waals surface area contributed by atoms with Crippen molar-refractivity contribution in [1.82, 2.24) is 4.90 Å². The summed E-state index contributed by atoms with van der Waals surface area (Å²) in [5.74, 6) is 1.15. The maximum atomic E-state index is 12.0. The molecule has 1 amide bonds. The van der Waals surface area contributed by atoms with Crippen molar-refractivity contribution in [3.8, 4) is 0 Å². The summed E-state index contributed by atoms with van der Waals surface area (Å²) in [5, 5.41) is 0. The first kappa shape index (κ1) is 16.5. The second-order valence-electron chi connectivity index (χ2n) is 7.23. The van der Waals surface area contributed by atoms with Crippen LogP contribution in [0.15, 0.2) is 0 Å². The van der Waals surface area contributed by atoms with Crippen molar-refractivity contribution in [2.24, 2.45) is 17.8 Å². The summed E-state index contributed by atoms with van der Waals surface area (Å²) >= 11 is 0. The van der Waals surface area contributed by atoms with E-state index in [1.807, 2.05) is 20.8 Å². The first-order valence-corrected chi connectivity index (χ1v) is 9.17. The molecule has 0 radical (unpaired) electrons. The average molecular weight is 319 g/mol. The van der Waals surface area contributed by atoms with Gasteiger partial charge in [-0.2, -0.15) is 8.42 Å². The minimum absolute atomic E-state index is 0.249. The van der Waals surface area contributed by atoms with Gasteiger partial charge in [0.25, 0.3) is 10.1 Å². The molecule has 2 fully saturated rings. The van der Waals surface area contributed by atoms with Gasteiger partial charge in [0.15, 0.2) is 0 Å². The van der Waals surface area contributed by atoms with E-state index in [0.29, 0.717) is 24.9 Å². The fourth-order valence-corrected chi connectivity index (χ4v) is 3.70. The summed E-state index contributed by atoms with van der Waals surface area (Å²) in [6.07, 6.45) is 2.66. The van der Waals surface area contributed by atoms with Crippen molar-refractivity contribution < 1.29 is 22.1 Å². The second kappa shape index (κ2) is 5.76. The Kier molecular flexibility index (Phi) is 4.54. The zero-order valence-electron chi connectivity index (χ0n) is 13.2. The molecule has 6 nitrogen and oxygen atoms in total. The lowest BCUT2D eigenvalue weighted by atomic mass is 10.0. The molecule has 2 unspecified atom stereocenters. The summed E-state index contributed by atoms with van der Waals surface area (Å²) in [6.45, 7) is 7.25. The summed E-state index contributed by atoms with van der Waals surface area (Å²) < 4.78 is 32.3. The van der Waals surface area contributed by atoms with Gasteiger partial charge in [0.1, 0.15) is 5.60 Å². The standard InChI is InChI=1S/C14H25NO5S/c1-14(2,3)20-13(16)15-7-11-5-10(6-12(11)8-15)9-19-21(4,17)18/h10-12H,5-9H2,1-4H3/t10?,11-,12?/m1/s1. The summed E-state index contributed by atoms with van der Waals surface area (Å²) in [4.78, 5) is 13.8. The Balaban J connectivity index is 1.80. The van der Waals surface area contributed by atoms with Crippen LogP contribution >= 0.6 is 0 Å². The fraction of sp³-hybridized carbons (Fsp3) is 0.929. The monoisotopic (exact) mass is 319 g/mol. The molecule has 7 heteroatoms. The minimum Gasteiger partial charge on any atom is -0.444 e. The lowest BCUT2D eigenvalue weighted by molar-refractivity contribution is 0.0276. The zero-order chi connectivity index (χ0) is 15.8. The summed E-state index contributed by atoms with van der Waals surface area (Å²) in [7, 11) is -3.36. The van der Waals surface area contributed by atoms with E-state index < -0.39 is 15.7 Å². The van der Waals surface area contributed by atoms with Crippen LogP contribution in [0.2, 0.25) is 0 Å². The first-order chi connectivity index (χ1) is 9.53. The highest BCUT2D eigenvalue weighted by molar-refractivity contribution is 7.85. The topological polar surface area (TPSA) is 72.9 Å². The molecule has 1 aliphatic carbocycles. The average Bonchev–Trinajstić information content (AvgIpc) is 2.79. The number of fused-ring (bicyclic) bond motifs is 1. The summed E-state index contributed by atoms with van der Waals surface area (Å²) in [6, 6.07) is 0. The Morgan fingerprint density at radius 2 is 1.71 bits per heavy atom. The van der Waals surface area contributed by atoms with Crippen LogP contribution in [0.5, 0.6) is 0 Å². The highest BCUT2D eigenvalue weighted by Gasteiger charge is 2.43. The molecule has 21 heavy (non-hydrogen) atoms. The van der Waals surface area contributed by atoms with Gasteiger partial charge in [-0.15, -0.1) is 0 Å². The van der Waals surface area contributed by atoms with Gasteiger partial charge < -0.3 is 9.64 Å². The van der Waals surface area contributed by atoms with Crippen molar-refractivity contribution >= 4 is 16.2 Å². The van der Waals surface area contributed by atoms with Crippen molar-refractivity contribution in [1.29, 1.82) is 0 Å². The Hall–Kier alpha value is -0.820. The maximum absolute atomic E-state index is 12.0. The molecule has 1 aliphatic heterocycles. The summed E-state index contributed by atoms with van der Waals surface area (Å²) in [5.41, 5.74) is -0.472. The van der Waals surface area contributed by atoms with Crippen LogP contribution < -0.4 is 0 Å². The molecule has 0 aromatic heterocycles. The number of nitrogens with zero attached hydrogens (tertiary/aromatic N) is 1. The quantitative estimate of drug-likeness (QED) is 0.742. The molecule has 2 aliphatic rings. The normalized spacial score (nSPS) is 29.5. The lowest BCUT2D eigenvalue weighted by Crippen LogP contribution is -2.36. The minimum atomic E-state index is -3.36. The molecule has 0 aromatic carbocycles. The maximum Gasteiger partial charge on any atom is 0.410 e. The van der Waals surface area contributed by atoms with Crippen molar-refractivity contribution in [2.45, 2.75) is 39.2 Å². The van der Waals surface area contributed by atoms with E-state index >= 15 is 0 Å². The van der Waals surface area contributed by atoms with Crippen LogP contribution in [-0.4, -0.2) is 51.0 Å². The largest absolute Gasteiger partial charge is 0.444 e. The van der Waals surface area contributed by atoms with E-state index in [1.54, 1.807) is 4.90 Å². The Morgan fingerprint density at radius 1 is 1.19 bits per heavy atom. The SMILES string of the molecule is CC(C)(C)OC(=O)N1CC2CC(COS(C)(=O)=O)C[C@@H]2C1. The van der Waals surface area contributed by atoms with E-state index in [2.05, 4.69) is 0 Å². The molecule has 2 rings (SSSR count). The number of carbonyl (C=O) groups is 1. The van der Waals surface area contributed by atoms with E-state index in [0.717, 1.165) is 19.1 Å². The lowest BCUT2D eigenvalue weighted by Gasteiger charge is -2.25. The van der Waals surface area contributed by atoms with Crippen LogP contribution in [0, 0.1) is 17.8 Å². The van der Waals surface area contributed by atoms with Crippen molar-refractivity contribution in [2.75, 3.05) is 26.0 Å². The second-order valence-corrected chi connectivity index (χ2v) is 8.88.